The summed E-state index contributed by atoms with van der Waals surface area (Å²) in [6.45, 7) is 1.60. The predicted molar refractivity (Wildman–Crippen MR) is 69.6 cm³/mol. The third kappa shape index (κ3) is 3.44. The first kappa shape index (κ1) is 12.9. The van der Waals surface area contributed by atoms with Crippen molar-refractivity contribution in [3.8, 4) is 0 Å². The highest BCUT2D eigenvalue weighted by Gasteiger charge is 2.42. The number of nitrogens with zero attached hydrogens (tertiary/aromatic N) is 1. The first-order valence-electron chi connectivity index (χ1n) is 7.09. The van der Waals surface area contributed by atoms with Crippen molar-refractivity contribution in [1.29, 1.82) is 0 Å². The van der Waals surface area contributed by atoms with Gasteiger partial charge in [0.2, 0.25) is 5.91 Å². The van der Waals surface area contributed by atoms with E-state index in [1.807, 2.05) is 11.9 Å². The number of hydrogen-bond donors (Lipinski definition) is 1. The Bertz CT molecular complexity index is 269. The zero-order valence-electron chi connectivity index (χ0n) is 11.1. The van der Waals surface area contributed by atoms with Crippen LogP contribution in [0.4, 0.5) is 0 Å². The molecule has 1 amide bonds. The van der Waals surface area contributed by atoms with E-state index in [2.05, 4.69) is 0 Å². The van der Waals surface area contributed by atoms with Crippen molar-refractivity contribution < 1.29 is 4.79 Å². The van der Waals surface area contributed by atoms with Gasteiger partial charge in [0.1, 0.15) is 0 Å². The maximum atomic E-state index is 11.9. The summed E-state index contributed by atoms with van der Waals surface area (Å²) in [5.74, 6) is 1.23. The minimum atomic E-state index is 0.276. The van der Waals surface area contributed by atoms with Gasteiger partial charge >= 0.3 is 0 Å². The zero-order chi connectivity index (χ0) is 12.3. The van der Waals surface area contributed by atoms with Crippen molar-refractivity contribution in [1.82, 2.24) is 4.90 Å². The van der Waals surface area contributed by atoms with E-state index in [0.717, 1.165) is 31.8 Å². The lowest BCUT2D eigenvalue weighted by Crippen LogP contribution is -2.35. The standard InChI is InChI=1S/C14H26N2O/c1-16(11-14(10-15)8-9-14)13(17)7-3-6-12-4-2-5-12/h12H,2-11,15H2,1H3. The maximum absolute atomic E-state index is 11.9. The van der Waals surface area contributed by atoms with E-state index in [-0.39, 0.29) is 5.41 Å². The molecule has 2 aliphatic carbocycles. The van der Waals surface area contributed by atoms with Gasteiger partial charge in [-0.1, -0.05) is 19.3 Å². The first-order valence-corrected chi connectivity index (χ1v) is 7.09. The number of carbonyl (C=O) groups excluding carboxylic acids is 1. The molecule has 0 aromatic heterocycles. The van der Waals surface area contributed by atoms with Crippen LogP contribution in [0, 0.1) is 11.3 Å². The minimum absolute atomic E-state index is 0.276. The van der Waals surface area contributed by atoms with Gasteiger partial charge in [-0.3, -0.25) is 4.79 Å². The number of amides is 1. The van der Waals surface area contributed by atoms with Crippen molar-refractivity contribution in [3.05, 3.63) is 0 Å². The van der Waals surface area contributed by atoms with Gasteiger partial charge in [0.25, 0.3) is 0 Å². The summed E-state index contributed by atoms with van der Waals surface area (Å²) in [7, 11) is 1.93. The molecule has 0 aromatic carbocycles. The molecule has 0 atom stereocenters. The molecule has 17 heavy (non-hydrogen) atoms. The second-order valence-corrected chi connectivity index (χ2v) is 6.14. The molecule has 0 bridgehead atoms. The average Bonchev–Trinajstić information content (AvgIpc) is 3.02. The van der Waals surface area contributed by atoms with E-state index in [4.69, 9.17) is 5.73 Å². The Morgan fingerprint density at radius 3 is 2.59 bits per heavy atom. The summed E-state index contributed by atoms with van der Waals surface area (Å²) in [4.78, 5) is 13.8. The second-order valence-electron chi connectivity index (χ2n) is 6.14. The molecule has 0 unspecified atom stereocenters. The summed E-state index contributed by atoms with van der Waals surface area (Å²) < 4.78 is 0. The lowest BCUT2D eigenvalue weighted by Gasteiger charge is -2.26. The molecule has 2 rings (SSSR count). The lowest BCUT2D eigenvalue weighted by atomic mass is 9.82. The van der Waals surface area contributed by atoms with Gasteiger partial charge in [0.15, 0.2) is 0 Å². The molecule has 3 nitrogen and oxygen atoms in total. The Kier molecular flexibility index (Phi) is 4.08. The van der Waals surface area contributed by atoms with E-state index >= 15 is 0 Å². The fraction of sp³-hybridized carbons (Fsp3) is 0.929. The largest absolute Gasteiger partial charge is 0.345 e. The van der Waals surface area contributed by atoms with Crippen molar-refractivity contribution in [3.63, 3.8) is 0 Å². The summed E-state index contributed by atoms with van der Waals surface area (Å²) in [5, 5.41) is 0. The molecule has 0 saturated heterocycles. The van der Waals surface area contributed by atoms with E-state index in [1.54, 1.807) is 0 Å². The Balaban J connectivity index is 1.61. The van der Waals surface area contributed by atoms with Crippen molar-refractivity contribution >= 4 is 5.91 Å². The smallest absolute Gasteiger partial charge is 0.222 e. The molecule has 2 saturated carbocycles. The van der Waals surface area contributed by atoms with Crippen molar-refractivity contribution in [2.75, 3.05) is 20.1 Å². The van der Waals surface area contributed by atoms with Crippen LogP contribution in [0.5, 0.6) is 0 Å². The third-order valence-corrected chi connectivity index (χ3v) is 4.62. The fourth-order valence-corrected chi connectivity index (χ4v) is 2.71. The number of rotatable bonds is 7. The van der Waals surface area contributed by atoms with Crippen LogP contribution >= 0.6 is 0 Å². The molecular formula is C14H26N2O. The monoisotopic (exact) mass is 238 g/mol. The average molecular weight is 238 g/mol. The normalized spacial score (nSPS) is 22.0. The lowest BCUT2D eigenvalue weighted by molar-refractivity contribution is -0.130. The van der Waals surface area contributed by atoms with Crippen LogP contribution in [-0.4, -0.2) is 30.9 Å². The molecule has 0 heterocycles. The molecule has 2 aliphatic rings. The minimum Gasteiger partial charge on any atom is -0.345 e. The van der Waals surface area contributed by atoms with Crippen LogP contribution in [-0.2, 0) is 4.79 Å². The molecular weight excluding hydrogens is 212 g/mol. The summed E-state index contributed by atoms with van der Waals surface area (Å²) in [5.41, 5.74) is 6.02. The third-order valence-electron chi connectivity index (χ3n) is 4.62. The Morgan fingerprint density at radius 1 is 1.41 bits per heavy atom. The molecule has 0 radical (unpaired) electrons. The van der Waals surface area contributed by atoms with Crippen LogP contribution in [0.15, 0.2) is 0 Å². The highest BCUT2D eigenvalue weighted by Crippen LogP contribution is 2.45. The van der Waals surface area contributed by atoms with Crippen LogP contribution in [0.1, 0.15) is 51.4 Å². The van der Waals surface area contributed by atoms with Crippen LogP contribution in [0.2, 0.25) is 0 Å². The maximum Gasteiger partial charge on any atom is 0.222 e. The van der Waals surface area contributed by atoms with Gasteiger partial charge in [-0.25, -0.2) is 0 Å². The molecule has 0 aliphatic heterocycles. The van der Waals surface area contributed by atoms with E-state index in [9.17, 15) is 4.79 Å². The van der Waals surface area contributed by atoms with Gasteiger partial charge in [0.05, 0.1) is 0 Å². The topological polar surface area (TPSA) is 46.3 Å². The molecule has 2 N–H and O–H groups in total. The van der Waals surface area contributed by atoms with E-state index in [1.165, 1.54) is 38.5 Å². The summed E-state index contributed by atoms with van der Waals surface area (Å²) in [6, 6.07) is 0. The first-order chi connectivity index (χ1) is 8.15. The van der Waals surface area contributed by atoms with Gasteiger partial charge in [0, 0.05) is 25.4 Å². The van der Waals surface area contributed by atoms with E-state index in [0.29, 0.717) is 5.91 Å². The van der Waals surface area contributed by atoms with Gasteiger partial charge < -0.3 is 10.6 Å². The van der Waals surface area contributed by atoms with Crippen molar-refractivity contribution in [2.24, 2.45) is 17.1 Å². The molecule has 3 heteroatoms. The molecule has 2 fully saturated rings. The van der Waals surface area contributed by atoms with Crippen molar-refractivity contribution in [2.45, 2.75) is 51.4 Å². The quantitative estimate of drug-likeness (QED) is 0.738. The molecule has 0 spiro atoms. The van der Waals surface area contributed by atoms with Crippen LogP contribution in [0.25, 0.3) is 0 Å². The highest BCUT2D eigenvalue weighted by atomic mass is 16.2. The van der Waals surface area contributed by atoms with Crippen LogP contribution in [0.3, 0.4) is 0 Å². The zero-order valence-corrected chi connectivity index (χ0v) is 11.1. The second kappa shape index (κ2) is 5.38. The molecule has 98 valence electrons. The SMILES string of the molecule is CN(CC1(CN)CC1)C(=O)CCCC1CCC1. The fourth-order valence-electron chi connectivity index (χ4n) is 2.71. The predicted octanol–water partition coefficient (Wildman–Crippen LogP) is 2.15. The summed E-state index contributed by atoms with van der Waals surface area (Å²) >= 11 is 0. The van der Waals surface area contributed by atoms with Gasteiger partial charge in [-0.15, -0.1) is 0 Å². The molecule has 0 aromatic rings. The number of hydrogen-bond acceptors (Lipinski definition) is 2. The number of carbonyl (C=O) groups is 1. The Hall–Kier alpha value is -0.570. The van der Waals surface area contributed by atoms with Crippen LogP contribution < -0.4 is 5.73 Å². The van der Waals surface area contributed by atoms with E-state index < -0.39 is 0 Å². The highest BCUT2D eigenvalue weighted by molar-refractivity contribution is 5.75. The van der Waals surface area contributed by atoms with Gasteiger partial charge in [-0.05, 0) is 38.1 Å². The number of nitrogens with two attached hydrogens (primary N) is 1. The Morgan fingerprint density at radius 2 is 2.12 bits per heavy atom. The Labute approximate surface area is 105 Å². The summed E-state index contributed by atoms with van der Waals surface area (Å²) in [6.07, 6.45) is 9.63. The van der Waals surface area contributed by atoms with Gasteiger partial charge in [-0.2, -0.15) is 0 Å².